The molecule has 1 nitrogen and oxygen atoms in total. The summed E-state index contributed by atoms with van der Waals surface area (Å²) in [6, 6.07) is 5.00. The molecule has 0 amide bonds. The van der Waals surface area contributed by atoms with Gasteiger partial charge in [-0.25, -0.2) is 4.39 Å². The van der Waals surface area contributed by atoms with Gasteiger partial charge in [-0.15, -0.1) is 11.6 Å². The molecule has 0 spiro atoms. The topological polar surface area (TPSA) is 9.23 Å². The number of hydrogen-bond donors (Lipinski definition) is 0. The molecule has 0 saturated carbocycles. The van der Waals surface area contributed by atoms with Crippen LogP contribution >= 0.6 is 27.5 Å². The van der Waals surface area contributed by atoms with E-state index in [1.54, 1.807) is 6.07 Å². The van der Waals surface area contributed by atoms with Gasteiger partial charge in [0, 0.05) is 15.8 Å². The number of benzene rings is 1. The van der Waals surface area contributed by atoms with Crippen LogP contribution in [0.25, 0.3) is 0 Å². The zero-order valence-corrected chi connectivity index (χ0v) is 10.4. The second-order valence-electron chi connectivity index (χ2n) is 3.84. The second kappa shape index (κ2) is 4.40. The van der Waals surface area contributed by atoms with Crippen LogP contribution in [0.3, 0.4) is 0 Å². The van der Waals surface area contributed by atoms with Crippen molar-refractivity contribution in [2.75, 3.05) is 19.1 Å². The van der Waals surface area contributed by atoms with Gasteiger partial charge < -0.3 is 4.74 Å². The van der Waals surface area contributed by atoms with Crippen LogP contribution < -0.4 is 0 Å². The van der Waals surface area contributed by atoms with Crippen LogP contribution in [-0.2, 0) is 10.2 Å². The first-order valence-electron chi connectivity index (χ1n) is 4.77. The van der Waals surface area contributed by atoms with Crippen LogP contribution in [0.4, 0.5) is 4.39 Å². The summed E-state index contributed by atoms with van der Waals surface area (Å²) in [6.45, 7) is 1.13. The van der Waals surface area contributed by atoms with Gasteiger partial charge in [0.2, 0.25) is 0 Å². The molecule has 4 heteroatoms. The Morgan fingerprint density at radius 1 is 1.47 bits per heavy atom. The van der Waals surface area contributed by atoms with Gasteiger partial charge in [0.1, 0.15) is 5.82 Å². The Morgan fingerprint density at radius 2 is 2.20 bits per heavy atom. The van der Waals surface area contributed by atoms with Crippen molar-refractivity contribution < 1.29 is 9.13 Å². The maximum absolute atomic E-state index is 13.7. The van der Waals surface area contributed by atoms with Crippen molar-refractivity contribution in [2.24, 2.45) is 0 Å². The highest BCUT2D eigenvalue weighted by Crippen LogP contribution is 2.38. The third kappa shape index (κ3) is 2.05. The van der Waals surface area contributed by atoms with Gasteiger partial charge in [-0.05, 0) is 30.2 Å². The maximum atomic E-state index is 13.7. The van der Waals surface area contributed by atoms with E-state index >= 15 is 0 Å². The van der Waals surface area contributed by atoms with Gasteiger partial charge in [0.05, 0.1) is 13.2 Å². The SMILES string of the molecule is Fc1ccc(Br)cc1C1(CCCl)COC1. The lowest BCUT2D eigenvalue weighted by molar-refractivity contribution is -0.0631. The molecule has 0 aromatic heterocycles. The molecule has 15 heavy (non-hydrogen) atoms. The summed E-state index contributed by atoms with van der Waals surface area (Å²) < 4.78 is 19.8. The summed E-state index contributed by atoms with van der Waals surface area (Å²) >= 11 is 9.10. The van der Waals surface area contributed by atoms with Crippen molar-refractivity contribution in [1.29, 1.82) is 0 Å². The Morgan fingerprint density at radius 3 is 2.73 bits per heavy atom. The van der Waals surface area contributed by atoms with Gasteiger partial charge in [0.25, 0.3) is 0 Å². The van der Waals surface area contributed by atoms with Gasteiger partial charge in [-0.3, -0.25) is 0 Å². The van der Waals surface area contributed by atoms with Gasteiger partial charge in [-0.1, -0.05) is 15.9 Å². The molecule has 0 atom stereocenters. The minimum absolute atomic E-state index is 0.174. The van der Waals surface area contributed by atoms with Crippen LogP contribution in [-0.4, -0.2) is 19.1 Å². The highest BCUT2D eigenvalue weighted by Gasteiger charge is 2.41. The lowest BCUT2D eigenvalue weighted by atomic mass is 9.76. The fourth-order valence-corrected chi connectivity index (χ4v) is 2.59. The number of rotatable bonds is 3. The van der Waals surface area contributed by atoms with Crippen molar-refractivity contribution in [3.63, 3.8) is 0 Å². The van der Waals surface area contributed by atoms with Crippen molar-refractivity contribution in [3.8, 4) is 0 Å². The number of hydrogen-bond acceptors (Lipinski definition) is 1. The zero-order chi connectivity index (χ0) is 10.9. The summed E-state index contributed by atoms with van der Waals surface area (Å²) in [4.78, 5) is 0. The summed E-state index contributed by atoms with van der Waals surface area (Å²) in [5.41, 5.74) is 0.499. The first-order valence-corrected chi connectivity index (χ1v) is 6.10. The molecule has 0 N–H and O–H groups in total. The molecular formula is C11H11BrClFO. The number of halogens is 3. The summed E-state index contributed by atoms with van der Waals surface area (Å²) in [7, 11) is 0. The lowest BCUT2D eigenvalue weighted by Crippen LogP contribution is -2.47. The van der Waals surface area contributed by atoms with Crippen molar-refractivity contribution in [2.45, 2.75) is 11.8 Å². The third-order valence-electron chi connectivity index (χ3n) is 2.83. The largest absolute Gasteiger partial charge is 0.379 e. The predicted octanol–water partition coefficient (Wildman–Crippen LogP) is 3.49. The second-order valence-corrected chi connectivity index (χ2v) is 5.13. The van der Waals surface area contributed by atoms with Crippen LogP contribution in [0.1, 0.15) is 12.0 Å². The average molecular weight is 294 g/mol. The average Bonchev–Trinajstić information content (AvgIpc) is 2.16. The molecular weight excluding hydrogens is 282 g/mol. The van der Waals surface area contributed by atoms with Gasteiger partial charge in [0.15, 0.2) is 0 Å². The third-order valence-corrected chi connectivity index (χ3v) is 3.51. The first-order chi connectivity index (χ1) is 7.18. The fraction of sp³-hybridized carbons (Fsp3) is 0.455. The highest BCUT2D eigenvalue weighted by atomic mass is 79.9. The van der Waals surface area contributed by atoms with E-state index in [0.717, 1.165) is 10.9 Å². The zero-order valence-electron chi connectivity index (χ0n) is 8.10. The quantitative estimate of drug-likeness (QED) is 0.775. The molecule has 1 aliphatic rings. The normalized spacial score (nSPS) is 18.6. The fourth-order valence-electron chi connectivity index (χ4n) is 1.87. The molecule has 2 rings (SSSR count). The summed E-state index contributed by atoms with van der Waals surface area (Å²) in [5, 5.41) is 0. The van der Waals surface area contributed by atoms with E-state index in [1.165, 1.54) is 6.07 Å². The van der Waals surface area contributed by atoms with E-state index in [1.807, 2.05) is 6.07 Å². The maximum Gasteiger partial charge on any atom is 0.127 e. The number of alkyl halides is 1. The van der Waals surface area contributed by atoms with Gasteiger partial charge >= 0.3 is 0 Å². The van der Waals surface area contributed by atoms with E-state index < -0.39 is 0 Å². The molecule has 0 bridgehead atoms. The van der Waals surface area contributed by atoms with Crippen molar-refractivity contribution in [3.05, 3.63) is 34.1 Å². The Kier molecular flexibility index (Phi) is 3.33. The van der Waals surface area contributed by atoms with E-state index in [0.29, 0.717) is 24.7 Å². The molecule has 1 aromatic rings. The van der Waals surface area contributed by atoms with Crippen LogP contribution in [0.2, 0.25) is 0 Å². The lowest BCUT2D eigenvalue weighted by Gasteiger charge is -2.41. The van der Waals surface area contributed by atoms with Crippen molar-refractivity contribution >= 4 is 27.5 Å². The molecule has 1 aromatic carbocycles. The van der Waals surface area contributed by atoms with E-state index in [2.05, 4.69) is 15.9 Å². The van der Waals surface area contributed by atoms with Gasteiger partial charge in [-0.2, -0.15) is 0 Å². The Hall–Kier alpha value is -0.120. The Labute approximate surface area is 102 Å². The van der Waals surface area contributed by atoms with E-state index in [-0.39, 0.29) is 11.2 Å². The predicted molar refractivity (Wildman–Crippen MR) is 61.9 cm³/mol. The highest BCUT2D eigenvalue weighted by molar-refractivity contribution is 9.10. The monoisotopic (exact) mass is 292 g/mol. The minimum atomic E-state index is -0.213. The van der Waals surface area contributed by atoms with Crippen LogP contribution in [0.5, 0.6) is 0 Å². The molecule has 82 valence electrons. The molecule has 1 saturated heterocycles. The van der Waals surface area contributed by atoms with Crippen molar-refractivity contribution in [1.82, 2.24) is 0 Å². The summed E-state index contributed by atoms with van der Waals surface area (Å²) in [6.07, 6.45) is 0.752. The summed E-state index contributed by atoms with van der Waals surface area (Å²) in [5.74, 6) is 0.349. The molecule has 1 fully saturated rings. The van der Waals surface area contributed by atoms with E-state index in [4.69, 9.17) is 16.3 Å². The molecule has 0 unspecified atom stereocenters. The molecule has 0 aliphatic carbocycles. The van der Waals surface area contributed by atoms with E-state index in [9.17, 15) is 4.39 Å². The van der Waals surface area contributed by atoms with Crippen LogP contribution in [0, 0.1) is 5.82 Å². The number of ether oxygens (including phenoxy) is 1. The molecule has 1 heterocycles. The Balaban J connectivity index is 2.37. The first kappa shape index (κ1) is 11.4. The smallest absolute Gasteiger partial charge is 0.127 e. The minimum Gasteiger partial charge on any atom is -0.379 e. The molecule has 0 radical (unpaired) electrons. The Bertz CT molecular complexity index is 366. The van der Waals surface area contributed by atoms with Crippen LogP contribution in [0.15, 0.2) is 22.7 Å². The molecule has 1 aliphatic heterocycles. The standard InChI is InChI=1S/C11H11BrClFO/c12-8-1-2-10(14)9(5-8)11(3-4-13)6-15-7-11/h1-2,5H,3-4,6-7H2.